The molecule has 5 rings (SSSR count). The highest BCUT2D eigenvalue weighted by atomic mass is 16.2. The van der Waals surface area contributed by atoms with Gasteiger partial charge in [-0.15, -0.1) is 0 Å². The Morgan fingerprint density at radius 1 is 0.521 bits per heavy atom. The summed E-state index contributed by atoms with van der Waals surface area (Å²) in [4.78, 5) is 142. The molecule has 0 unspecified atom stereocenters. The molecule has 0 radical (unpaired) electrons. The number of amides is 9. The van der Waals surface area contributed by atoms with E-state index >= 15 is 0 Å². The summed E-state index contributed by atoms with van der Waals surface area (Å²) in [7, 11) is 0. The summed E-state index contributed by atoms with van der Waals surface area (Å²) in [6, 6.07) is 19.1. The van der Waals surface area contributed by atoms with Crippen LogP contribution in [0.4, 0.5) is 0 Å². The number of aliphatic imine (C=N–C) groups is 3. The summed E-state index contributed by atoms with van der Waals surface area (Å²) >= 11 is 0. The summed E-state index contributed by atoms with van der Waals surface area (Å²) in [6.45, 7) is 0.479. The van der Waals surface area contributed by atoms with Crippen LogP contribution in [0.2, 0.25) is 0 Å². The first-order valence-corrected chi connectivity index (χ1v) is 31.6. The largest absolute Gasteiger partial charge is 0.384 e. The molecular weight excluding hydrogens is 1210 g/mol. The monoisotopic (exact) mass is 1300 g/mol. The highest BCUT2D eigenvalue weighted by molar-refractivity contribution is 5.98. The Morgan fingerprint density at radius 3 is 1.56 bits per heavy atom. The maximum atomic E-state index is 15.0. The van der Waals surface area contributed by atoms with Gasteiger partial charge in [0.05, 0.1) is 0 Å². The molecule has 0 saturated carbocycles. The predicted molar refractivity (Wildman–Crippen MR) is 359 cm³/mol. The molecular formula is C64H93N21O9. The molecule has 1 saturated heterocycles. The second kappa shape index (κ2) is 39.8. The Hall–Kier alpha value is -10.4. The van der Waals surface area contributed by atoms with Gasteiger partial charge in [-0.05, 0) is 111 Å². The van der Waals surface area contributed by atoms with Crippen LogP contribution < -0.4 is 93.7 Å². The second-order valence-corrected chi connectivity index (χ2v) is 22.9. The van der Waals surface area contributed by atoms with Gasteiger partial charge in [0.2, 0.25) is 53.2 Å². The van der Waals surface area contributed by atoms with Crippen molar-refractivity contribution in [2.24, 2.45) is 60.8 Å². The smallest absolute Gasteiger partial charge is 0.243 e. The molecule has 1 heterocycles. The molecule has 4 aromatic carbocycles. The molecule has 0 spiro atoms. The van der Waals surface area contributed by atoms with E-state index < -0.39 is 95.5 Å². The van der Waals surface area contributed by atoms with Crippen LogP contribution >= 0.6 is 0 Å². The van der Waals surface area contributed by atoms with E-state index in [1.165, 1.54) is 0 Å². The van der Waals surface area contributed by atoms with Crippen LogP contribution in [0.3, 0.4) is 0 Å². The zero-order valence-corrected chi connectivity index (χ0v) is 53.0. The van der Waals surface area contributed by atoms with Crippen LogP contribution in [0, 0.1) is 5.41 Å². The minimum atomic E-state index is -1.45. The van der Waals surface area contributed by atoms with Crippen LogP contribution in [-0.4, -0.2) is 152 Å². The predicted octanol–water partition coefficient (Wildman–Crippen LogP) is -2.01. The summed E-state index contributed by atoms with van der Waals surface area (Å²) in [6.07, 6.45) is 0.814. The molecule has 4 aromatic rings. The Labute approximate surface area is 546 Å². The molecule has 7 atom stereocenters. The van der Waals surface area contributed by atoms with Crippen LogP contribution in [0.5, 0.6) is 0 Å². The average molecular weight is 1300 g/mol. The molecule has 26 N–H and O–H groups in total. The maximum Gasteiger partial charge on any atom is 0.243 e. The van der Waals surface area contributed by atoms with E-state index in [0.29, 0.717) is 41.6 Å². The van der Waals surface area contributed by atoms with Gasteiger partial charge in [-0.2, -0.15) is 0 Å². The lowest BCUT2D eigenvalue weighted by Gasteiger charge is -2.28. The lowest BCUT2D eigenvalue weighted by atomic mass is 9.99. The Bertz CT molecular complexity index is 3280. The van der Waals surface area contributed by atoms with E-state index in [1.54, 1.807) is 60.7 Å². The summed E-state index contributed by atoms with van der Waals surface area (Å²) in [5.41, 5.74) is 47.8. The molecule has 9 amide bonds. The van der Waals surface area contributed by atoms with Crippen molar-refractivity contribution in [1.29, 1.82) is 5.41 Å². The molecule has 1 aliphatic rings. The Morgan fingerprint density at radius 2 is 1.01 bits per heavy atom. The number of nitrogens with zero attached hydrogens (tertiary/aromatic N) is 3. The summed E-state index contributed by atoms with van der Waals surface area (Å²) in [5.74, 6) is -7.42. The van der Waals surface area contributed by atoms with Crippen molar-refractivity contribution in [2.45, 2.75) is 152 Å². The third-order valence-electron chi connectivity index (χ3n) is 15.3. The Kier molecular flexibility index (Phi) is 31.5. The second-order valence-electron chi connectivity index (χ2n) is 22.9. The van der Waals surface area contributed by atoms with Gasteiger partial charge in [0.15, 0.2) is 17.9 Å². The van der Waals surface area contributed by atoms with Crippen LogP contribution in [0.25, 0.3) is 10.8 Å². The number of nitrogen functional groups attached to an aromatic ring is 1. The summed E-state index contributed by atoms with van der Waals surface area (Å²) < 4.78 is 0. The van der Waals surface area contributed by atoms with Crippen molar-refractivity contribution in [3.8, 4) is 0 Å². The highest BCUT2D eigenvalue weighted by Gasteiger charge is 2.35. The van der Waals surface area contributed by atoms with E-state index in [9.17, 15) is 43.2 Å². The van der Waals surface area contributed by atoms with Crippen LogP contribution in [-0.2, 0) is 62.5 Å². The fourth-order valence-electron chi connectivity index (χ4n) is 10.2. The van der Waals surface area contributed by atoms with Crippen LogP contribution in [0.1, 0.15) is 112 Å². The van der Waals surface area contributed by atoms with E-state index in [0.717, 1.165) is 10.8 Å². The fraction of sp³-hybridized carbons (Fsp3) is 0.453. The molecule has 508 valence electrons. The molecule has 94 heavy (non-hydrogen) atoms. The first-order chi connectivity index (χ1) is 45.1. The van der Waals surface area contributed by atoms with Crippen LogP contribution in [0.15, 0.2) is 112 Å². The van der Waals surface area contributed by atoms with Crippen molar-refractivity contribution in [3.63, 3.8) is 0 Å². The third kappa shape index (κ3) is 27.2. The number of benzene rings is 4. The quantitative estimate of drug-likeness (QED) is 0.0183. The van der Waals surface area contributed by atoms with Gasteiger partial charge < -0.3 is 93.7 Å². The molecule has 1 aliphatic heterocycles. The lowest BCUT2D eigenvalue weighted by Crippen LogP contribution is -2.60. The first kappa shape index (κ1) is 74.3. The van der Waals surface area contributed by atoms with Gasteiger partial charge in [0.1, 0.15) is 48.1 Å². The van der Waals surface area contributed by atoms with Crippen molar-refractivity contribution < 1.29 is 43.2 Å². The normalized spacial score (nSPS) is 19.4. The van der Waals surface area contributed by atoms with Crippen molar-refractivity contribution in [3.05, 3.63) is 119 Å². The molecule has 0 bridgehead atoms. The Balaban J connectivity index is 1.56. The highest BCUT2D eigenvalue weighted by Crippen LogP contribution is 2.18. The average Bonchev–Trinajstić information content (AvgIpc) is 0.904. The van der Waals surface area contributed by atoms with E-state index in [4.69, 9.17) is 51.3 Å². The van der Waals surface area contributed by atoms with Gasteiger partial charge in [-0.25, -0.2) is 0 Å². The SMILES string of the molecule is N=C(N)c1ccc(CNC(=O)[C@H](CCCCN)NC(=O)[C@@H]2CCCCNC(=O)CCC(=O)N[C@@H](Cc3ccccc3)C(=O)N[C@@H](Cc3ccc4ccccc4c3)C(=O)N[C@@H](CCCN=C(N)N)C(=O)N[C@@H](CCCN=C(N)N)C(=O)N[C@@H](CCCN=C(N)N)C(=O)N2)cc1. The standard InChI is InChI=1S/C64H93N21O9/c65-30-8-6-17-45(55(88)78-38-40-22-26-43(27-23-40)54(66)67)80-56(89)46-18-7-9-31-74-52(86)28-29-53(87)79-50(36-39-13-2-1-3-14-39)60(93)85-51(37-41-24-25-42-15-4-5-16-44(42)35-41)61(94)84-49(21-12-34-77-64(72)73)59(92)83-48(20-11-33-76-63(70)71)58(91)82-47(57(90)81-46)19-10-32-75-62(68)69/h1-5,13-16,22-27,35,45-51H,6-12,17-21,28-34,36-38,65H2,(H3,66,67)(H,74,86)(H,78,88)(H,79,87)(H,80,89)(H,81,90)(H,82,91)(H,83,92)(H,84,94)(H,85,93)(H4,68,69,75)(H4,70,71,76)(H4,72,73,77)/t45-,46-,47-,48-,49-,50-,51-/m0/s1. The topological polar surface area (TPSA) is 531 Å². The summed E-state index contributed by atoms with van der Waals surface area (Å²) in [5, 5.41) is 34.6. The van der Waals surface area contributed by atoms with Gasteiger partial charge in [-0.3, -0.25) is 63.5 Å². The number of guanidine groups is 3. The van der Waals surface area contributed by atoms with Gasteiger partial charge >= 0.3 is 0 Å². The van der Waals surface area contributed by atoms with Crippen molar-refractivity contribution in [1.82, 2.24) is 47.9 Å². The third-order valence-corrected chi connectivity index (χ3v) is 15.3. The van der Waals surface area contributed by atoms with E-state index in [-0.39, 0.29) is 146 Å². The zero-order chi connectivity index (χ0) is 68.4. The number of carbonyl (C=O) groups is 9. The number of rotatable bonds is 26. The fourth-order valence-corrected chi connectivity index (χ4v) is 10.2. The molecule has 1 fully saturated rings. The van der Waals surface area contributed by atoms with Gasteiger partial charge in [0.25, 0.3) is 0 Å². The van der Waals surface area contributed by atoms with Crippen molar-refractivity contribution >= 4 is 87.7 Å². The van der Waals surface area contributed by atoms with Gasteiger partial charge in [-0.1, -0.05) is 97.1 Å². The number of nitrogens with one attached hydrogen (secondary N) is 10. The number of fused-ring (bicyclic) bond motifs is 1. The molecule has 30 heteroatoms. The first-order valence-electron chi connectivity index (χ1n) is 31.6. The number of carbonyl (C=O) groups excluding carboxylic acids is 9. The number of hydrogen-bond acceptors (Lipinski definition) is 14. The number of hydrogen-bond donors (Lipinski definition) is 18. The molecule has 30 nitrogen and oxygen atoms in total. The minimum absolute atomic E-state index is 0.00485. The number of nitrogens with two attached hydrogens (primary N) is 8. The lowest BCUT2D eigenvalue weighted by molar-refractivity contribution is -0.136. The molecule has 0 aromatic heterocycles. The maximum absolute atomic E-state index is 15.0. The van der Waals surface area contributed by atoms with Crippen molar-refractivity contribution in [2.75, 3.05) is 32.7 Å². The molecule has 0 aliphatic carbocycles. The zero-order valence-electron chi connectivity index (χ0n) is 53.0. The van der Waals surface area contributed by atoms with Gasteiger partial charge in [0, 0.05) is 64.0 Å². The minimum Gasteiger partial charge on any atom is -0.384 e. The van der Waals surface area contributed by atoms with E-state index in [2.05, 4.69) is 62.8 Å². The number of amidine groups is 1. The van der Waals surface area contributed by atoms with E-state index in [1.807, 2.05) is 36.4 Å². The number of unbranched alkanes of at least 4 members (excludes halogenated alkanes) is 1.